The second kappa shape index (κ2) is 13.4. The minimum absolute atomic E-state index is 0.0686. The van der Waals surface area contributed by atoms with E-state index in [1.165, 1.54) is 24.3 Å². The van der Waals surface area contributed by atoms with Crippen molar-refractivity contribution < 1.29 is 28.6 Å². The highest BCUT2D eigenvalue weighted by Gasteiger charge is 2.53. The molecule has 3 aromatic rings. The van der Waals surface area contributed by atoms with Gasteiger partial charge in [0.25, 0.3) is 5.91 Å². The number of hydrogen-bond acceptors (Lipinski definition) is 6. The number of carbonyl (C=O) groups excluding carboxylic acids is 2. The molecule has 11 heteroatoms. The highest BCUT2D eigenvalue weighted by molar-refractivity contribution is 5.98. The van der Waals surface area contributed by atoms with Crippen molar-refractivity contribution in [2.75, 3.05) is 0 Å². The van der Waals surface area contributed by atoms with Gasteiger partial charge in [0.15, 0.2) is 5.75 Å². The van der Waals surface area contributed by atoms with E-state index in [1.807, 2.05) is 0 Å². The molecule has 2 heterocycles. The summed E-state index contributed by atoms with van der Waals surface area (Å²) in [4.78, 5) is 54.0. The number of carboxylic acid groups (broad SMARTS) is 1. The first-order valence-corrected chi connectivity index (χ1v) is 14.9. The average Bonchev–Trinajstić information content (AvgIpc) is 3.44. The molecule has 0 bridgehead atoms. The molecule has 2 aromatic carbocycles. The first kappa shape index (κ1) is 32.4. The predicted octanol–water partition coefficient (Wildman–Crippen LogP) is 5.45. The predicted molar refractivity (Wildman–Crippen MR) is 162 cm³/mol. The number of nitrogens with zero attached hydrogens (tertiary/aromatic N) is 2. The zero-order valence-electron chi connectivity index (χ0n) is 25.6. The normalized spacial score (nSPS) is 17.3. The third-order valence-electron chi connectivity index (χ3n) is 8.76. The number of nitrogens with one attached hydrogen (secondary N) is 2. The number of carboxylic acids is 1. The van der Waals surface area contributed by atoms with Gasteiger partial charge < -0.3 is 20.1 Å². The van der Waals surface area contributed by atoms with Gasteiger partial charge in [0.2, 0.25) is 5.91 Å². The Hall–Kier alpha value is -4.54. The molecule has 10 nitrogen and oxygen atoms in total. The molecule has 4 rings (SSSR count). The van der Waals surface area contributed by atoms with E-state index in [-0.39, 0.29) is 17.7 Å². The Kier molecular flexibility index (Phi) is 9.86. The molecule has 0 spiro atoms. The fourth-order valence-electron chi connectivity index (χ4n) is 6.21. The van der Waals surface area contributed by atoms with Crippen molar-refractivity contribution in [1.29, 1.82) is 0 Å². The summed E-state index contributed by atoms with van der Waals surface area (Å²) in [6, 6.07) is 10.1. The summed E-state index contributed by atoms with van der Waals surface area (Å²) in [5.74, 6) is -1.88. The first-order chi connectivity index (χ1) is 20.9. The van der Waals surface area contributed by atoms with Crippen LogP contribution in [-0.2, 0) is 9.59 Å². The zero-order chi connectivity index (χ0) is 32.2. The molecule has 234 valence electrons. The van der Waals surface area contributed by atoms with Gasteiger partial charge in [-0.2, -0.15) is 5.10 Å². The fourth-order valence-corrected chi connectivity index (χ4v) is 6.21. The van der Waals surface area contributed by atoms with Gasteiger partial charge in [-0.05, 0) is 87.4 Å². The third-order valence-corrected chi connectivity index (χ3v) is 8.76. The van der Waals surface area contributed by atoms with Crippen molar-refractivity contribution in [1.82, 2.24) is 20.4 Å². The van der Waals surface area contributed by atoms with Crippen molar-refractivity contribution in [3.8, 4) is 11.5 Å². The van der Waals surface area contributed by atoms with E-state index in [0.29, 0.717) is 48.3 Å². The number of rotatable bonds is 11. The molecule has 0 radical (unpaired) electrons. The maximum absolute atomic E-state index is 14.3. The van der Waals surface area contributed by atoms with Crippen LogP contribution in [-0.4, -0.2) is 50.1 Å². The number of hydrogen-bond donors (Lipinski definition) is 3. The molecule has 2 amide bonds. The minimum Gasteiger partial charge on any atom is -0.481 e. The van der Waals surface area contributed by atoms with Gasteiger partial charge >= 0.3 is 11.5 Å². The van der Waals surface area contributed by atoms with Crippen LogP contribution in [0.5, 0.6) is 11.5 Å². The van der Waals surface area contributed by atoms with Crippen molar-refractivity contribution >= 4 is 17.8 Å². The molecule has 1 saturated heterocycles. The van der Waals surface area contributed by atoms with E-state index in [9.17, 15) is 28.7 Å². The van der Waals surface area contributed by atoms with Gasteiger partial charge in [0, 0.05) is 17.7 Å². The number of halogens is 1. The summed E-state index contributed by atoms with van der Waals surface area (Å²) >= 11 is 0. The highest BCUT2D eigenvalue weighted by atomic mass is 19.1. The molecule has 3 N–H and O–H groups in total. The molecule has 1 aliphatic heterocycles. The molecule has 0 aliphatic carbocycles. The van der Waals surface area contributed by atoms with Crippen LogP contribution in [0.1, 0.15) is 86.1 Å². The van der Waals surface area contributed by atoms with Crippen LogP contribution in [0.4, 0.5) is 4.39 Å². The maximum Gasteiger partial charge on any atom is 0.311 e. The molecule has 0 unspecified atom stereocenters. The van der Waals surface area contributed by atoms with E-state index in [2.05, 4.69) is 15.5 Å². The number of aryl methyl sites for hydroxylation is 2. The van der Waals surface area contributed by atoms with E-state index in [4.69, 9.17) is 4.74 Å². The smallest absolute Gasteiger partial charge is 0.311 e. The van der Waals surface area contributed by atoms with E-state index in [1.54, 1.807) is 63.8 Å². The average molecular weight is 607 g/mol. The lowest BCUT2D eigenvalue weighted by atomic mass is 9.74. The van der Waals surface area contributed by atoms with Crippen molar-refractivity contribution in [3.63, 3.8) is 0 Å². The Balaban J connectivity index is 1.62. The highest BCUT2D eigenvalue weighted by Crippen LogP contribution is 2.47. The van der Waals surface area contributed by atoms with Crippen molar-refractivity contribution in [2.24, 2.45) is 5.41 Å². The lowest BCUT2D eigenvalue weighted by Gasteiger charge is -2.42. The van der Waals surface area contributed by atoms with Gasteiger partial charge in [-0.3, -0.25) is 19.2 Å². The second-order valence-corrected chi connectivity index (χ2v) is 11.3. The Morgan fingerprint density at radius 3 is 2.43 bits per heavy atom. The van der Waals surface area contributed by atoms with Crippen LogP contribution < -0.4 is 15.6 Å². The minimum atomic E-state index is -1.19. The quantitative estimate of drug-likeness (QED) is 0.264. The van der Waals surface area contributed by atoms with Crippen LogP contribution >= 0.6 is 0 Å². The summed E-state index contributed by atoms with van der Waals surface area (Å²) in [5.41, 5.74) is 0.347. The number of aromatic amines is 1. The van der Waals surface area contributed by atoms with E-state index >= 15 is 0 Å². The number of aliphatic carboxylic acids is 1. The largest absolute Gasteiger partial charge is 0.481 e. The number of carbonyl (C=O) groups is 3. The van der Waals surface area contributed by atoms with Crippen LogP contribution in [0, 0.1) is 25.1 Å². The molecule has 3 atom stereocenters. The number of H-pyrrole nitrogens is 1. The fraction of sp³-hybridized carbons (Fsp3) is 0.424. The summed E-state index contributed by atoms with van der Waals surface area (Å²) in [5, 5.41) is 19.4. The second-order valence-electron chi connectivity index (χ2n) is 11.3. The lowest BCUT2D eigenvalue weighted by molar-refractivity contribution is -0.157. The molecule has 44 heavy (non-hydrogen) atoms. The number of ether oxygens (including phenoxy) is 1. The van der Waals surface area contributed by atoms with Gasteiger partial charge in [-0.25, -0.2) is 9.49 Å². The first-order valence-electron chi connectivity index (χ1n) is 14.9. The van der Waals surface area contributed by atoms with Crippen LogP contribution in [0.3, 0.4) is 0 Å². The Morgan fingerprint density at radius 1 is 1.09 bits per heavy atom. The maximum atomic E-state index is 14.3. The molecule has 1 aromatic heterocycles. The number of benzene rings is 2. The van der Waals surface area contributed by atoms with Gasteiger partial charge in [-0.1, -0.05) is 32.9 Å². The summed E-state index contributed by atoms with van der Waals surface area (Å²) < 4.78 is 20.0. The monoisotopic (exact) mass is 606 g/mol. The van der Waals surface area contributed by atoms with Crippen molar-refractivity contribution in [2.45, 2.75) is 84.8 Å². The Bertz CT molecular complexity index is 1600. The molecular weight excluding hydrogens is 567 g/mol. The SMILES string of the molecule is CC[C@@H](NC(=O)c1ccc(Oc2cc(C)n[nH]c2=O)c(C)c1)C(=O)N1[C@H](c2cccc(F)c2)CC[C@@H]1C(CC)(CC)C(=O)O. The Morgan fingerprint density at radius 2 is 1.82 bits per heavy atom. The molecule has 1 fully saturated rings. The lowest BCUT2D eigenvalue weighted by Crippen LogP contribution is -2.56. The molecular formula is C33H39FN4O6. The summed E-state index contributed by atoms with van der Waals surface area (Å²) in [6.07, 6.45) is 1.79. The standard InChI is InChI=1S/C33H39FN4O6/c1-6-24(35-29(39)22-12-14-26(19(4)16-22)44-27-17-20(5)36-37-30(27)40)31(41)38-25(21-10-9-11-23(34)18-21)13-15-28(38)33(7-2,8-3)32(42)43/h9-12,14,16-18,24-25,28H,6-8,13,15H2,1-5H3,(H,35,39)(H,37,40)(H,42,43)/t24-,25+,28-/m1/s1. The van der Waals surface area contributed by atoms with Crippen molar-refractivity contribution in [3.05, 3.63) is 87.1 Å². The number of amides is 2. The van der Waals surface area contributed by atoms with Gasteiger partial charge in [0.1, 0.15) is 17.6 Å². The van der Waals surface area contributed by atoms with Crippen LogP contribution in [0.15, 0.2) is 53.3 Å². The van der Waals surface area contributed by atoms with Gasteiger partial charge in [0.05, 0.1) is 17.2 Å². The number of likely N-dealkylation sites (tertiary alicyclic amines) is 1. The van der Waals surface area contributed by atoms with E-state index in [0.717, 1.165) is 0 Å². The third kappa shape index (κ3) is 6.36. The molecule has 1 aliphatic rings. The molecule has 0 saturated carbocycles. The van der Waals surface area contributed by atoms with E-state index < -0.39 is 52.7 Å². The number of aromatic nitrogens is 2. The van der Waals surface area contributed by atoms with Gasteiger partial charge in [-0.15, -0.1) is 0 Å². The zero-order valence-corrected chi connectivity index (χ0v) is 25.6. The van der Waals surface area contributed by atoms with Crippen LogP contribution in [0.25, 0.3) is 0 Å². The Labute approximate surface area is 255 Å². The summed E-state index contributed by atoms with van der Waals surface area (Å²) in [7, 11) is 0. The topological polar surface area (TPSA) is 142 Å². The summed E-state index contributed by atoms with van der Waals surface area (Å²) in [6.45, 7) is 8.82. The van der Waals surface area contributed by atoms with Crippen LogP contribution in [0.2, 0.25) is 0 Å².